The number of hydrogen-bond donors (Lipinski definition) is 0. The molecule has 0 spiro atoms. The maximum atomic E-state index is 13.6. The Hall–Kier alpha value is -0.900. The van der Waals surface area contributed by atoms with E-state index in [0.717, 1.165) is 5.56 Å². The van der Waals surface area contributed by atoms with Crippen LogP contribution in [0.3, 0.4) is 0 Å². The van der Waals surface area contributed by atoms with Crippen LogP contribution >= 0.6 is 39.1 Å². The molecule has 1 nitrogen and oxygen atoms in total. The smallest absolute Gasteiger partial charge is 0.141 e. The number of rotatable bonds is 4. The number of carbonyl (C=O) groups is 1. The fraction of sp³-hybridized carbons (Fsp3) is 0.133. The second-order valence-electron chi connectivity index (χ2n) is 4.38. The van der Waals surface area contributed by atoms with E-state index in [0.29, 0.717) is 20.1 Å². The van der Waals surface area contributed by atoms with Gasteiger partial charge in [-0.2, -0.15) is 0 Å². The zero-order valence-electron chi connectivity index (χ0n) is 10.3. The molecule has 2 aromatic rings. The summed E-state index contributed by atoms with van der Waals surface area (Å²) < 4.78 is 14.3. The van der Waals surface area contributed by atoms with Gasteiger partial charge in [-0.25, -0.2) is 4.39 Å². The summed E-state index contributed by atoms with van der Waals surface area (Å²) in [4.78, 5) is 12.0. The van der Waals surface area contributed by atoms with Gasteiger partial charge in [-0.15, -0.1) is 0 Å². The number of ketones is 1. The average molecular weight is 376 g/mol. The minimum absolute atomic E-state index is 0.0549. The largest absolute Gasteiger partial charge is 0.299 e. The monoisotopic (exact) mass is 374 g/mol. The Morgan fingerprint density at radius 1 is 1.05 bits per heavy atom. The van der Waals surface area contributed by atoms with Crippen LogP contribution in [0.1, 0.15) is 11.1 Å². The first kappa shape index (κ1) is 15.5. The molecule has 0 N–H and O–H groups in total. The summed E-state index contributed by atoms with van der Waals surface area (Å²) in [6, 6.07) is 9.70. The topological polar surface area (TPSA) is 17.1 Å². The van der Waals surface area contributed by atoms with E-state index in [1.165, 1.54) is 6.07 Å². The molecule has 0 heterocycles. The van der Waals surface area contributed by atoms with E-state index < -0.39 is 0 Å². The van der Waals surface area contributed by atoms with Crippen LogP contribution < -0.4 is 0 Å². The maximum absolute atomic E-state index is 13.6. The van der Waals surface area contributed by atoms with Gasteiger partial charge in [0.15, 0.2) is 0 Å². The average Bonchev–Trinajstić information content (AvgIpc) is 2.37. The van der Waals surface area contributed by atoms with Crippen molar-refractivity contribution >= 4 is 44.9 Å². The summed E-state index contributed by atoms with van der Waals surface area (Å²) in [6.07, 6.45) is 0.256. The van der Waals surface area contributed by atoms with Crippen molar-refractivity contribution in [3.63, 3.8) is 0 Å². The van der Waals surface area contributed by atoms with Gasteiger partial charge in [-0.3, -0.25) is 4.79 Å². The van der Waals surface area contributed by atoms with Gasteiger partial charge in [0.2, 0.25) is 0 Å². The van der Waals surface area contributed by atoms with Crippen LogP contribution in [0.2, 0.25) is 10.0 Å². The molecule has 0 aliphatic rings. The minimum atomic E-state index is -0.387. The van der Waals surface area contributed by atoms with Gasteiger partial charge < -0.3 is 0 Å². The van der Waals surface area contributed by atoms with Gasteiger partial charge in [0.25, 0.3) is 0 Å². The van der Waals surface area contributed by atoms with Crippen molar-refractivity contribution in [3.05, 3.63) is 67.9 Å². The Bertz CT molecular complexity index is 658. The van der Waals surface area contributed by atoms with Gasteiger partial charge in [-0.05, 0) is 35.4 Å². The SMILES string of the molecule is O=C(Cc1ccc(Cl)c(Cl)c1)Cc1ccc(Br)cc1F. The third kappa shape index (κ3) is 4.05. The van der Waals surface area contributed by atoms with Crippen molar-refractivity contribution in [1.82, 2.24) is 0 Å². The van der Waals surface area contributed by atoms with Crippen LogP contribution in [0.5, 0.6) is 0 Å². The molecule has 0 atom stereocenters. The highest BCUT2D eigenvalue weighted by Crippen LogP contribution is 2.23. The molecule has 0 radical (unpaired) electrons. The molecule has 2 rings (SSSR count). The molecule has 0 aliphatic heterocycles. The lowest BCUT2D eigenvalue weighted by Gasteiger charge is -2.05. The lowest BCUT2D eigenvalue weighted by Crippen LogP contribution is -2.08. The number of carbonyl (C=O) groups excluding carboxylic acids is 1. The van der Waals surface area contributed by atoms with Gasteiger partial charge >= 0.3 is 0 Å². The summed E-state index contributed by atoms with van der Waals surface area (Å²) >= 11 is 14.9. The fourth-order valence-corrected chi connectivity index (χ4v) is 2.47. The lowest BCUT2D eigenvalue weighted by molar-refractivity contribution is -0.117. The molecule has 2 aromatic carbocycles. The van der Waals surface area contributed by atoms with Crippen molar-refractivity contribution < 1.29 is 9.18 Å². The predicted molar refractivity (Wildman–Crippen MR) is 83.0 cm³/mol. The van der Waals surface area contributed by atoms with E-state index in [2.05, 4.69) is 15.9 Å². The molecule has 0 aromatic heterocycles. The number of benzene rings is 2. The van der Waals surface area contributed by atoms with Crippen LogP contribution in [0, 0.1) is 5.82 Å². The molecule has 0 unspecified atom stereocenters. The summed E-state index contributed by atoms with van der Waals surface area (Å²) in [5.74, 6) is -0.466. The van der Waals surface area contributed by atoms with E-state index >= 15 is 0 Å². The first-order chi connectivity index (χ1) is 9.45. The third-order valence-corrected chi connectivity index (χ3v) is 4.02. The molecule has 104 valence electrons. The second-order valence-corrected chi connectivity index (χ2v) is 6.11. The first-order valence-electron chi connectivity index (χ1n) is 5.85. The van der Waals surface area contributed by atoms with E-state index in [4.69, 9.17) is 23.2 Å². The Morgan fingerprint density at radius 2 is 1.80 bits per heavy atom. The summed E-state index contributed by atoms with van der Waals surface area (Å²) in [5, 5.41) is 0.855. The van der Waals surface area contributed by atoms with Crippen molar-refractivity contribution in [3.8, 4) is 0 Å². The lowest BCUT2D eigenvalue weighted by atomic mass is 10.0. The number of hydrogen-bond acceptors (Lipinski definition) is 1. The molecule has 5 heteroatoms. The van der Waals surface area contributed by atoms with E-state index in [9.17, 15) is 9.18 Å². The molecule has 0 saturated carbocycles. The van der Waals surface area contributed by atoms with Crippen LogP contribution in [0.15, 0.2) is 40.9 Å². The Kier molecular flexibility index (Phi) is 5.19. The normalized spacial score (nSPS) is 10.6. The van der Waals surface area contributed by atoms with Gasteiger partial charge in [-0.1, -0.05) is 51.3 Å². The van der Waals surface area contributed by atoms with Crippen LogP contribution in [0.25, 0.3) is 0 Å². The second kappa shape index (κ2) is 6.70. The zero-order chi connectivity index (χ0) is 14.7. The van der Waals surface area contributed by atoms with Crippen LogP contribution in [0.4, 0.5) is 4.39 Å². The summed E-state index contributed by atoms with van der Waals surface area (Å²) in [6.45, 7) is 0. The van der Waals surface area contributed by atoms with Crippen molar-refractivity contribution in [1.29, 1.82) is 0 Å². The molecular formula is C15H10BrCl2FO. The molecule has 0 saturated heterocycles. The molecule has 20 heavy (non-hydrogen) atoms. The summed E-state index contributed by atoms with van der Waals surface area (Å²) in [7, 11) is 0. The summed E-state index contributed by atoms with van der Waals surface area (Å²) in [5.41, 5.74) is 1.15. The first-order valence-corrected chi connectivity index (χ1v) is 7.40. The highest BCUT2D eigenvalue weighted by atomic mass is 79.9. The quantitative estimate of drug-likeness (QED) is 0.713. The van der Waals surface area contributed by atoms with Gasteiger partial charge in [0, 0.05) is 17.3 Å². The van der Waals surface area contributed by atoms with Crippen LogP contribution in [-0.4, -0.2) is 5.78 Å². The highest BCUT2D eigenvalue weighted by Gasteiger charge is 2.10. The highest BCUT2D eigenvalue weighted by molar-refractivity contribution is 9.10. The van der Waals surface area contributed by atoms with Crippen molar-refractivity contribution in [2.75, 3.05) is 0 Å². The number of halogens is 4. The Balaban J connectivity index is 2.07. The zero-order valence-corrected chi connectivity index (χ0v) is 13.4. The Labute approximate surface area is 134 Å². The minimum Gasteiger partial charge on any atom is -0.299 e. The Morgan fingerprint density at radius 3 is 2.45 bits per heavy atom. The van der Waals surface area contributed by atoms with E-state index in [1.54, 1.807) is 30.3 Å². The molecular weight excluding hydrogens is 366 g/mol. The van der Waals surface area contributed by atoms with Crippen molar-refractivity contribution in [2.24, 2.45) is 0 Å². The molecule has 0 bridgehead atoms. The molecule has 0 aliphatic carbocycles. The number of Topliss-reactive ketones (excluding diaryl/α,β-unsaturated/α-hetero) is 1. The predicted octanol–water partition coefficient (Wildman–Crippen LogP) is 5.25. The van der Waals surface area contributed by atoms with Crippen LogP contribution in [-0.2, 0) is 17.6 Å². The molecule has 0 amide bonds. The fourth-order valence-electron chi connectivity index (χ4n) is 1.82. The van der Waals surface area contributed by atoms with E-state index in [1.807, 2.05) is 0 Å². The van der Waals surface area contributed by atoms with Gasteiger partial charge in [0.1, 0.15) is 11.6 Å². The van der Waals surface area contributed by atoms with Gasteiger partial charge in [0.05, 0.1) is 10.0 Å². The van der Waals surface area contributed by atoms with Crippen molar-refractivity contribution in [2.45, 2.75) is 12.8 Å². The third-order valence-electron chi connectivity index (χ3n) is 2.79. The standard InChI is InChI=1S/C15H10BrCl2FO/c16-11-3-2-10(15(19)8-11)7-12(20)5-9-1-4-13(17)14(18)6-9/h1-4,6,8H,5,7H2. The molecule has 0 fully saturated rings. The van der Waals surface area contributed by atoms with E-state index in [-0.39, 0.29) is 24.4 Å². The maximum Gasteiger partial charge on any atom is 0.141 e.